The Labute approximate surface area is 79.7 Å². The molecule has 0 aliphatic heterocycles. The Morgan fingerprint density at radius 3 is 2.54 bits per heavy atom. The second kappa shape index (κ2) is 3.75. The van der Waals surface area contributed by atoms with Gasteiger partial charge >= 0.3 is 0 Å². The van der Waals surface area contributed by atoms with Crippen molar-refractivity contribution in [2.24, 2.45) is 0 Å². The van der Waals surface area contributed by atoms with Gasteiger partial charge in [-0.2, -0.15) is 0 Å². The van der Waals surface area contributed by atoms with Gasteiger partial charge in [-0.15, -0.1) is 0 Å². The van der Waals surface area contributed by atoms with Gasteiger partial charge in [0.25, 0.3) is 0 Å². The molecule has 1 atom stereocenters. The molecule has 0 aliphatic carbocycles. The zero-order valence-corrected chi connectivity index (χ0v) is 8.46. The van der Waals surface area contributed by atoms with Gasteiger partial charge in [0.15, 0.2) is 0 Å². The van der Waals surface area contributed by atoms with E-state index in [0.29, 0.717) is 0 Å². The van der Waals surface area contributed by atoms with Crippen molar-refractivity contribution < 1.29 is 5.11 Å². The molecule has 1 aromatic carbocycles. The van der Waals surface area contributed by atoms with Gasteiger partial charge in [0.2, 0.25) is 0 Å². The minimum Gasteiger partial charge on any atom is -0.389 e. The van der Waals surface area contributed by atoms with Crippen LogP contribution in [0.2, 0.25) is 0 Å². The Kier molecular flexibility index (Phi) is 2.89. The average Bonchev–Trinajstić information content (AvgIpc) is 2.04. The summed E-state index contributed by atoms with van der Waals surface area (Å²) in [5.74, 6) is 0. The van der Waals surface area contributed by atoms with Gasteiger partial charge < -0.3 is 5.11 Å². The lowest BCUT2D eigenvalue weighted by molar-refractivity contribution is 0.198. The lowest BCUT2D eigenvalue weighted by Gasteiger charge is -2.10. The van der Waals surface area contributed by atoms with Crippen molar-refractivity contribution in [3.05, 3.63) is 41.5 Å². The monoisotopic (exact) mass is 176 g/mol. The molecule has 1 N–H and O–H groups in total. The lowest BCUT2D eigenvalue weighted by Crippen LogP contribution is -1.95. The summed E-state index contributed by atoms with van der Waals surface area (Å²) >= 11 is 0. The number of allylic oxidation sites excluding steroid dienone is 1. The van der Waals surface area contributed by atoms with E-state index < -0.39 is 6.10 Å². The predicted molar refractivity (Wildman–Crippen MR) is 56.5 cm³/mol. The summed E-state index contributed by atoms with van der Waals surface area (Å²) in [6.07, 6.45) is -0.403. The van der Waals surface area contributed by atoms with Crippen molar-refractivity contribution in [3.8, 4) is 0 Å². The van der Waals surface area contributed by atoms with Crippen LogP contribution >= 0.6 is 0 Å². The highest BCUT2D eigenvalue weighted by molar-refractivity contribution is 5.62. The van der Waals surface area contributed by atoms with Crippen LogP contribution in [0.3, 0.4) is 0 Å². The van der Waals surface area contributed by atoms with Crippen LogP contribution in [0.15, 0.2) is 24.8 Å². The van der Waals surface area contributed by atoms with Crippen LogP contribution in [0.25, 0.3) is 5.57 Å². The largest absolute Gasteiger partial charge is 0.389 e. The molecule has 1 aromatic rings. The Balaban J connectivity index is 3.19. The number of aliphatic hydroxyl groups is 1. The van der Waals surface area contributed by atoms with Crippen LogP contribution in [-0.4, -0.2) is 5.11 Å². The van der Waals surface area contributed by atoms with Crippen LogP contribution < -0.4 is 0 Å². The summed E-state index contributed by atoms with van der Waals surface area (Å²) in [5.41, 5.74) is 4.24. The molecule has 1 nitrogen and oxygen atoms in total. The fraction of sp³-hybridized carbons (Fsp3) is 0.333. The molecule has 1 rings (SSSR count). The van der Waals surface area contributed by atoms with Crippen LogP contribution in [0.4, 0.5) is 0 Å². The van der Waals surface area contributed by atoms with E-state index in [-0.39, 0.29) is 0 Å². The highest BCUT2D eigenvalue weighted by atomic mass is 16.3. The third kappa shape index (κ3) is 2.19. The van der Waals surface area contributed by atoms with Gasteiger partial charge in [-0.3, -0.25) is 0 Å². The van der Waals surface area contributed by atoms with E-state index in [1.165, 1.54) is 0 Å². The zero-order chi connectivity index (χ0) is 10.0. The highest BCUT2D eigenvalue weighted by Gasteiger charge is 2.05. The lowest BCUT2D eigenvalue weighted by atomic mass is 9.98. The molecule has 0 radical (unpaired) electrons. The summed E-state index contributed by atoms with van der Waals surface area (Å²) in [7, 11) is 0. The molecule has 1 heteroatoms. The summed E-state index contributed by atoms with van der Waals surface area (Å²) in [6, 6.07) is 6.05. The minimum atomic E-state index is -0.403. The van der Waals surface area contributed by atoms with E-state index in [4.69, 9.17) is 0 Å². The van der Waals surface area contributed by atoms with Crippen molar-refractivity contribution in [1.82, 2.24) is 0 Å². The summed E-state index contributed by atoms with van der Waals surface area (Å²) < 4.78 is 0. The molecule has 0 amide bonds. The number of aliphatic hydroxyl groups excluding tert-OH is 1. The van der Waals surface area contributed by atoms with Gasteiger partial charge in [0.1, 0.15) is 0 Å². The van der Waals surface area contributed by atoms with Gasteiger partial charge in [-0.1, -0.05) is 24.3 Å². The first-order chi connectivity index (χ1) is 6.02. The molecular weight excluding hydrogens is 160 g/mol. The van der Waals surface area contributed by atoms with Crippen LogP contribution in [-0.2, 0) is 0 Å². The molecule has 0 saturated heterocycles. The maximum absolute atomic E-state index is 9.48. The van der Waals surface area contributed by atoms with Crippen LogP contribution in [0, 0.1) is 6.92 Å². The molecule has 70 valence electrons. The predicted octanol–water partition coefficient (Wildman–Crippen LogP) is 3.08. The second-order valence-electron chi connectivity index (χ2n) is 3.53. The van der Waals surface area contributed by atoms with E-state index in [1.807, 2.05) is 32.0 Å². The van der Waals surface area contributed by atoms with E-state index in [2.05, 4.69) is 6.58 Å². The average molecular weight is 176 g/mol. The number of rotatable bonds is 2. The molecule has 0 fully saturated rings. The van der Waals surface area contributed by atoms with Crippen molar-refractivity contribution in [2.45, 2.75) is 26.9 Å². The molecule has 0 spiro atoms. The summed E-state index contributed by atoms with van der Waals surface area (Å²) in [5, 5.41) is 9.48. The number of hydrogen-bond donors (Lipinski definition) is 1. The molecule has 0 heterocycles. The van der Waals surface area contributed by atoms with Crippen molar-refractivity contribution in [3.63, 3.8) is 0 Å². The maximum Gasteiger partial charge on any atom is 0.0764 e. The highest BCUT2D eigenvalue weighted by Crippen LogP contribution is 2.21. The standard InChI is InChI=1S/C12H16O/c1-8(2)11-6-5-9(3)12(7-11)10(4)13/h5-7,10,13H,1H2,2-4H3. The van der Waals surface area contributed by atoms with E-state index >= 15 is 0 Å². The summed E-state index contributed by atoms with van der Waals surface area (Å²) in [6.45, 7) is 9.63. The van der Waals surface area contributed by atoms with Crippen LogP contribution in [0.1, 0.15) is 36.6 Å². The third-order valence-corrected chi connectivity index (χ3v) is 2.22. The number of aryl methyl sites for hydroxylation is 1. The van der Waals surface area contributed by atoms with Crippen molar-refractivity contribution in [1.29, 1.82) is 0 Å². The first kappa shape index (κ1) is 10.0. The molecule has 1 unspecified atom stereocenters. The fourth-order valence-corrected chi connectivity index (χ4v) is 1.36. The molecular formula is C12H16O. The normalized spacial score (nSPS) is 12.6. The van der Waals surface area contributed by atoms with Gasteiger partial charge in [0, 0.05) is 0 Å². The number of benzene rings is 1. The summed E-state index contributed by atoms with van der Waals surface area (Å²) in [4.78, 5) is 0. The fourth-order valence-electron chi connectivity index (χ4n) is 1.36. The SMILES string of the molecule is C=C(C)c1ccc(C)c(C(C)O)c1. The number of hydrogen-bond acceptors (Lipinski definition) is 1. The first-order valence-electron chi connectivity index (χ1n) is 4.47. The third-order valence-electron chi connectivity index (χ3n) is 2.22. The van der Waals surface area contributed by atoms with Gasteiger partial charge in [-0.05, 0) is 43.5 Å². The van der Waals surface area contributed by atoms with Crippen LogP contribution in [0.5, 0.6) is 0 Å². The quantitative estimate of drug-likeness (QED) is 0.734. The first-order valence-corrected chi connectivity index (χ1v) is 4.47. The second-order valence-corrected chi connectivity index (χ2v) is 3.53. The maximum atomic E-state index is 9.48. The van der Waals surface area contributed by atoms with E-state index in [1.54, 1.807) is 6.92 Å². The Morgan fingerprint density at radius 1 is 1.46 bits per heavy atom. The minimum absolute atomic E-state index is 0.403. The molecule has 13 heavy (non-hydrogen) atoms. The Morgan fingerprint density at radius 2 is 2.08 bits per heavy atom. The van der Waals surface area contributed by atoms with Crippen molar-refractivity contribution in [2.75, 3.05) is 0 Å². The molecule has 0 aliphatic rings. The van der Waals surface area contributed by atoms with Gasteiger partial charge in [0.05, 0.1) is 6.10 Å². The smallest absolute Gasteiger partial charge is 0.0764 e. The molecule has 0 bridgehead atoms. The van der Waals surface area contributed by atoms with Crippen molar-refractivity contribution >= 4 is 5.57 Å². The van der Waals surface area contributed by atoms with E-state index in [0.717, 1.165) is 22.3 Å². The zero-order valence-electron chi connectivity index (χ0n) is 8.46. The topological polar surface area (TPSA) is 20.2 Å². The Hall–Kier alpha value is -1.08. The van der Waals surface area contributed by atoms with E-state index in [9.17, 15) is 5.11 Å². The molecule has 0 aromatic heterocycles. The van der Waals surface area contributed by atoms with Gasteiger partial charge in [-0.25, -0.2) is 0 Å². The molecule has 0 saturated carbocycles. The Bertz CT molecular complexity index is 324.